The van der Waals surface area contributed by atoms with Crippen molar-refractivity contribution < 1.29 is 28.6 Å². The van der Waals surface area contributed by atoms with Crippen molar-refractivity contribution in [3.63, 3.8) is 0 Å². The normalized spacial score (nSPS) is 12.2. The summed E-state index contributed by atoms with van der Waals surface area (Å²) >= 11 is 0. The fraction of sp³-hybridized carbons (Fsp3) is 0.864. The summed E-state index contributed by atoms with van der Waals surface area (Å²) < 4.78 is 16.9. The topological polar surface area (TPSA) is 78.9 Å². The van der Waals surface area contributed by atoms with Gasteiger partial charge in [-0.05, 0) is 77.0 Å². The number of ether oxygens (including phenoxy) is 3. The third-order valence-electron chi connectivity index (χ3n) is 14.4. The molecule has 0 aromatic heterocycles. The van der Waals surface area contributed by atoms with Crippen molar-refractivity contribution >= 4 is 17.9 Å². The minimum atomic E-state index is -0.778. The van der Waals surface area contributed by atoms with Crippen molar-refractivity contribution in [1.29, 1.82) is 0 Å². The number of carbonyl (C=O) groups excluding carboxylic acids is 3. The first-order chi connectivity index (χ1) is 35.5. The van der Waals surface area contributed by atoms with Crippen LogP contribution in [0.4, 0.5) is 0 Å². The molecule has 72 heavy (non-hydrogen) atoms. The van der Waals surface area contributed by atoms with Crippen LogP contribution < -0.4 is 0 Å². The number of rotatable bonds is 59. The Bertz CT molecular complexity index is 1210. The zero-order valence-corrected chi connectivity index (χ0v) is 48.5. The van der Waals surface area contributed by atoms with Crippen LogP contribution in [0.2, 0.25) is 0 Å². The molecule has 0 saturated carbocycles. The first-order valence-electron chi connectivity index (χ1n) is 32.0. The second-order valence-corrected chi connectivity index (χ2v) is 21.7. The number of unbranched alkanes of at least 4 members (excludes halogenated alkanes) is 42. The van der Waals surface area contributed by atoms with Crippen molar-refractivity contribution in [3.05, 3.63) is 36.5 Å². The van der Waals surface area contributed by atoms with Gasteiger partial charge in [0.2, 0.25) is 0 Å². The molecule has 6 heteroatoms. The molecule has 0 aliphatic rings. The standard InChI is InChI=1S/C66H122O6/c1-4-7-10-13-16-19-22-25-28-30-31-32-33-34-36-38-41-44-47-50-53-56-59-65(68)71-62-63(61-70-64(67)58-55-52-49-46-43-40-37-27-24-21-18-15-12-9-6-3)72-66(69)60-57-54-51-48-45-42-39-35-29-26-23-20-17-14-11-8-5-2/h17,20,26-27,29,37,63H,4-16,18-19,21-25,28,30-36,38-62H2,1-3H3/b20-17-,29-26-,37-27-. The molecule has 0 heterocycles. The Morgan fingerprint density at radius 2 is 0.500 bits per heavy atom. The summed E-state index contributed by atoms with van der Waals surface area (Å²) in [5, 5.41) is 0. The average Bonchev–Trinajstić information content (AvgIpc) is 3.38. The van der Waals surface area contributed by atoms with Gasteiger partial charge in [-0.3, -0.25) is 14.4 Å². The Morgan fingerprint density at radius 1 is 0.278 bits per heavy atom. The third kappa shape index (κ3) is 58.5. The van der Waals surface area contributed by atoms with Gasteiger partial charge in [-0.25, -0.2) is 0 Å². The monoisotopic (exact) mass is 1010 g/mol. The van der Waals surface area contributed by atoms with Crippen LogP contribution in [0.3, 0.4) is 0 Å². The lowest BCUT2D eigenvalue weighted by Crippen LogP contribution is -2.30. The fourth-order valence-electron chi connectivity index (χ4n) is 9.53. The molecule has 422 valence electrons. The lowest BCUT2D eigenvalue weighted by atomic mass is 10.0. The van der Waals surface area contributed by atoms with Crippen molar-refractivity contribution in [2.75, 3.05) is 13.2 Å². The van der Waals surface area contributed by atoms with Gasteiger partial charge in [0.05, 0.1) is 0 Å². The number of hydrogen-bond donors (Lipinski definition) is 0. The van der Waals surface area contributed by atoms with Gasteiger partial charge in [-0.1, -0.05) is 288 Å². The zero-order valence-electron chi connectivity index (χ0n) is 48.5. The zero-order chi connectivity index (χ0) is 52.2. The molecule has 0 aromatic carbocycles. The molecule has 0 saturated heterocycles. The summed E-state index contributed by atoms with van der Waals surface area (Å²) in [6, 6.07) is 0. The van der Waals surface area contributed by atoms with E-state index in [1.54, 1.807) is 0 Å². The van der Waals surface area contributed by atoms with Gasteiger partial charge in [0.25, 0.3) is 0 Å². The highest BCUT2D eigenvalue weighted by atomic mass is 16.6. The van der Waals surface area contributed by atoms with Crippen molar-refractivity contribution in [2.24, 2.45) is 0 Å². The molecular weight excluding hydrogens is 889 g/mol. The van der Waals surface area contributed by atoms with Crippen LogP contribution in [-0.2, 0) is 28.6 Å². The number of carbonyl (C=O) groups is 3. The van der Waals surface area contributed by atoms with Gasteiger partial charge < -0.3 is 14.2 Å². The van der Waals surface area contributed by atoms with E-state index in [1.165, 1.54) is 231 Å². The van der Waals surface area contributed by atoms with E-state index >= 15 is 0 Å². The molecular formula is C66H122O6. The van der Waals surface area contributed by atoms with E-state index in [2.05, 4.69) is 57.2 Å². The van der Waals surface area contributed by atoms with Gasteiger partial charge in [0.1, 0.15) is 13.2 Å². The van der Waals surface area contributed by atoms with Gasteiger partial charge in [0.15, 0.2) is 6.10 Å². The summed E-state index contributed by atoms with van der Waals surface area (Å²) in [5.41, 5.74) is 0. The third-order valence-corrected chi connectivity index (χ3v) is 14.4. The smallest absolute Gasteiger partial charge is 0.306 e. The average molecular weight is 1010 g/mol. The predicted octanol–water partition coefficient (Wildman–Crippen LogP) is 21.6. The van der Waals surface area contributed by atoms with Gasteiger partial charge in [0, 0.05) is 19.3 Å². The van der Waals surface area contributed by atoms with Gasteiger partial charge in [-0.2, -0.15) is 0 Å². The van der Waals surface area contributed by atoms with Crippen LogP contribution in [0, 0.1) is 0 Å². The first-order valence-corrected chi connectivity index (χ1v) is 32.0. The SMILES string of the molecule is CCCCC/C=C\C/C=C\CCCCCCCCCC(=O)OC(COC(=O)CCCCCCC/C=C\CCCCCCCC)COC(=O)CCCCCCCCCCCCCCCCCCCCCCCC. The predicted molar refractivity (Wildman–Crippen MR) is 312 cm³/mol. The summed E-state index contributed by atoms with van der Waals surface area (Å²) in [6.45, 7) is 6.66. The molecule has 0 aliphatic heterocycles. The number of hydrogen-bond acceptors (Lipinski definition) is 6. The molecule has 1 atom stereocenters. The van der Waals surface area contributed by atoms with E-state index < -0.39 is 6.10 Å². The van der Waals surface area contributed by atoms with E-state index in [4.69, 9.17) is 14.2 Å². The molecule has 0 N–H and O–H groups in total. The molecule has 0 spiro atoms. The molecule has 0 aromatic rings. The summed E-state index contributed by atoms with van der Waals surface area (Å²) in [4.78, 5) is 38.3. The Kier molecular flexibility index (Phi) is 59.2. The summed E-state index contributed by atoms with van der Waals surface area (Å²) in [6.07, 6.45) is 74.3. The second kappa shape index (κ2) is 61.2. The molecule has 0 fully saturated rings. The van der Waals surface area contributed by atoms with E-state index in [0.29, 0.717) is 19.3 Å². The Hall–Kier alpha value is -2.37. The van der Waals surface area contributed by atoms with Crippen molar-refractivity contribution in [1.82, 2.24) is 0 Å². The lowest BCUT2D eigenvalue weighted by Gasteiger charge is -2.18. The minimum absolute atomic E-state index is 0.0739. The fourth-order valence-corrected chi connectivity index (χ4v) is 9.53. The van der Waals surface area contributed by atoms with Gasteiger partial charge in [-0.15, -0.1) is 0 Å². The number of allylic oxidation sites excluding steroid dienone is 6. The van der Waals surface area contributed by atoms with Crippen LogP contribution in [0.15, 0.2) is 36.5 Å². The van der Waals surface area contributed by atoms with E-state index in [0.717, 1.165) is 77.0 Å². The van der Waals surface area contributed by atoms with E-state index in [-0.39, 0.29) is 31.1 Å². The van der Waals surface area contributed by atoms with E-state index in [1.807, 2.05) is 0 Å². The highest BCUT2D eigenvalue weighted by Gasteiger charge is 2.19. The summed E-state index contributed by atoms with van der Waals surface area (Å²) in [5.74, 6) is -0.868. The molecule has 1 unspecified atom stereocenters. The highest BCUT2D eigenvalue weighted by Crippen LogP contribution is 2.17. The molecule has 6 nitrogen and oxygen atoms in total. The Morgan fingerprint density at radius 3 is 0.806 bits per heavy atom. The maximum absolute atomic E-state index is 12.9. The van der Waals surface area contributed by atoms with E-state index in [9.17, 15) is 14.4 Å². The molecule has 0 bridgehead atoms. The quantitative estimate of drug-likeness (QED) is 0.0261. The largest absolute Gasteiger partial charge is 0.462 e. The maximum Gasteiger partial charge on any atom is 0.306 e. The second-order valence-electron chi connectivity index (χ2n) is 21.7. The Labute approximate surface area is 448 Å². The van der Waals surface area contributed by atoms with Crippen LogP contribution >= 0.6 is 0 Å². The molecule has 0 rings (SSSR count). The molecule has 0 aliphatic carbocycles. The van der Waals surface area contributed by atoms with Gasteiger partial charge >= 0.3 is 17.9 Å². The molecule has 0 amide bonds. The van der Waals surface area contributed by atoms with Crippen molar-refractivity contribution in [3.8, 4) is 0 Å². The Balaban J connectivity index is 4.31. The minimum Gasteiger partial charge on any atom is -0.462 e. The number of esters is 3. The summed E-state index contributed by atoms with van der Waals surface area (Å²) in [7, 11) is 0. The maximum atomic E-state index is 12.9. The van der Waals surface area contributed by atoms with Crippen molar-refractivity contribution in [2.45, 2.75) is 354 Å². The van der Waals surface area contributed by atoms with Crippen LogP contribution in [0.1, 0.15) is 348 Å². The first kappa shape index (κ1) is 69.6. The van der Waals surface area contributed by atoms with Crippen LogP contribution in [0.25, 0.3) is 0 Å². The van der Waals surface area contributed by atoms with Crippen LogP contribution in [0.5, 0.6) is 0 Å². The lowest BCUT2D eigenvalue weighted by molar-refractivity contribution is -0.167. The highest BCUT2D eigenvalue weighted by molar-refractivity contribution is 5.71. The van der Waals surface area contributed by atoms with Crippen LogP contribution in [-0.4, -0.2) is 37.2 Å². The molecule has 0 radical (unpaired) electrons.